The molecule has 3 aromatic carbocycles. The Morgan fingerprint density at radius 3 is 1.84 bits per heavy atom. The molecule has 10 atom stereocenters. The van der Waals surface area contributed by atoms with Crippen LogP contribution >= 0.6 is 7.26 Å². The van der Waals surface area contributed by atoms with Crippen molar-refractivity contribution in [1.29, 1.82) is 0 Å². The summed E-state index contributed by atoms with van der Waals surface area (Å²) in [5.41, 5.74) is 1.55. The van der Waals surface area contributed by atoms with Crippen LogP contribution in [0.3, 0.4) is 0 Å². The van der Waals surface area contributed by atoms with Crippen molar-refractivity contribution in [1.82, 2.24) is 0 Å². The highest BCUT2D eigenvalue weighted by Gasteiger charge is 2.72. The number of carbonyl (C=O) groups is 1. The highest BCUT2D eigenvalue weighted by molar-refractivity contribution is 7.95. The topological polar surface area (TPSA) is 46.5 Å². The number of fused-ring (bicyclic) bond motifs is 7. The van der Waals surface area contributed by atoms with E-state index >= 15 is 0 Å². The Balaban J connectivity index is 0.941. The normalized spacial score (nSPS) is 36.5. The van der Waals surface area contributed by atoms with E-state index in [4.69, 9.17) is 4.74 Å². The van der Waals surface area contributed by atoms with Crippen molar-refractivity contribution in [2.45, 2.75) is 138 Å². The van der Waals surface area contributed by atoms with Gasteiger partial charge in [-0.2, -0.15) is 0 Å². The van der Waals surface area contributed by atoms with Crippen LogP contribution < -0.4 is 15.9 Å². The molecular formula is C54H74O3P+. The number of ether oxygens (including phenoxy) is 1. The summed E-state index contributed by atoms with van der Waals surface area (Å²) < 4.78 is 6.45. The molecule has 8 rings (SSSR count). The van der Waals surface area contributed by atoms with Gasteiger partial charge in [-0.25, -0.2) is 0 Å². The quantitative estimate of drug-likeness (QED) is 0.0859. The number of unbranched alkanes of at least 4 members (excludes halogenated alkanes) is 3. The number of aliphatic hydroxyl groups excluding tert-OH is 1. The molecule has 0 heterocycles. The first-order valence-corrected chi connectivity index (χ1v) is 25.3. The lowest BCUT2D eigenvalue weighted by Gasteiger charge is -2.72. The van der Waals surface area contributed by atoms with E-state index in [1.165, 1.54) is 47.2 Å². The number of benzene rings is 3. The molecule has 0 aliphatic heterocycles. The smallest absolute Gasteiger partial charge is 0.312 e. The van der Waals surface area contributed by atoms with Crippen LogP contribution in [-0.2, 0) is 9.53 Å². The summed E-state index contributed by atoms with van der Waals surface area (Å²) in [4.78, 5) is 14.7. The molecule has 1 N–H and O–H groups in total. The number of rotatable bonds is 12. The van der Waals surface area contributed by atoms with Gasteiger partial charge in [-0.15, -0.1) is 0 Å². The second-order valence-electron chi connectivity index (χ2n) is 21.3. The molecule has 5 fully saturated rings. The molecule has 5 aliphatic carbocycles. The number of hydrogen-bond donors (Lipinski definition) is 1. The summed E-state index contributed by atoms with van der Waals surface area (Å²) >= 11 is 0. The van der Waals surface area contributed by atoms with Gasteiger partial charge in [-0.05, 0) is 184 Å². The second-order valence-corrected chi connectivity index (χ2v) is 24.9. The largest absolute Gasteiger partial charge is 0.465 e. The van der Waals surface area contributed by atoms with E-state index in [9.17, 15) is 9.90 Å². The van der Waals surface area contributed by atoms with Gasteiger partial charge in [-0.1, -0.05) is 101 Å². The summed E-state index contributed by atoms with van der Waals surface area (Å²) in [5, 5.41) is 15.5. The molecule has 58 heavy (non-hydrogen) atoms. The highest BCUT2D eigenvalue weighted by atomic mass is 31.2. The van der Waals surface area contributed by atoms with Crippen LogP contribution in [0.5, 0.6) is 0 Å². The maximum Gasteiger partial charge on any atom is 0.312 e. The van der Waals surface area contributed by atoms with E-state index in [-0.39, 0.29) is 39.1 Å². The van der Waals surface area contributed by atoms with Crippen molar-refractivity contribution in [3.05, 3.63) is 103 Å². The third kappa shape index (κ3) is 6.53. The molecule has 5 saturated carbocycles. The summed E-state index contributed by atoms with van der Waals surface area (Å²) in [5.74, 6) is 2.58. The Morgan fingerprint density at radius 1 is 0.672 bits per heavy atom. The minimum absolute atomic E-state index is 0.0352. The van der Waals surface area contributed by atoms with Crippen molar-refractivity contribution in [3.8, 4) is 0 Å². The van der Waals surface area contributed by atoms with Gasteiger partial charge in [-0.3, -0.25) is 4.79 Å². The zero-order valence-electron chi connectivity index (χ0n) is 36.9. The summed E-state index contributed by atoms with van der Waals surface area (Å²) in [6, 6.07) is 33.6. The fourth-order valence-electron chi connectivity index (χ4n) is 15.5. The third-order valence-electron chi connectivity index (χ3n) is 18.7. The average Bonchev–Trinajstić information content (AvgIpc) is 3.63. The third-order valence-corrected chi connectivity index (χ3v) is 23.2. The van der Waals surface area contributed by atoms with E-state index in [0.717, 1.165) is 70.4 Å². The lowest BCUT2D eigenvalue weighted by atomic mass is 9.32. The Morgan fingerprint density at radius 2 is 1.26 bits per heavy atom. The van der Waals surface area contributed by atoms with Crippen LogP contribution in [0, 0.1) is 56.7 Å². The lowest BCUT2D eigenvalue weighted by molar-refractivity contribution is -0.248. The fraction of sp³-hybridized carbons (Fsp3) is 0.611. The van der Waals surface area contributed by atoms with Gasteiger partial charge in [0.1, 0.15) is 23.2 Å². The first-order chi connectivity index (χ1) is 27.8. The van der Waals surface area contributed by atoms with Gasteiger partial charge in [0.25, 0.3) is 0 Å². The standard InChI is InChI=1S/C54H74O3P/c1-39(2)43-29-34-54(36-35-52(6)44(48(43)54)27-28-46-51(5)32-31-47(55)50(3,4)45(51)30-33-53(46,52)7)49(56)57-37-19-8-9-20-38-58(40-21-13-10-14-22-40,41-23-15-11-16-24-41)42-25-17-12-18-26-42/h10-18,21-26,43-48,55H,1,8-9,19-20,27-38H2,2-7H3/q+1/t43-,44+,45-,46+,47-,48+,51-,52+,53+,54-/m0/s1. The molecule has 312 valence electrons. The van der Waals surface area contributed by atoms with Crippen LogP contribution in [-0.4, -0.2) is 29.9 Å². The van der Waals surface area contributed by atoms with Gasteiger partial charge < -0.3 is 9.84 Å². The Labute approximate surface area is 352 Å². The van der Waals surface area contributed by atoms with Crippen molar-refractivity contribution in [3.63, 3.8) is 0 Å². The summed E-state index contributed by atoms with van der Waals surface area (Å²) in [7, 11) is -1.82. The molecule has 5 aliphatic rings. The molecule has 0 saturated heterocycles. The molecule has 0 aromatic heterocycles. The number of aliphatic hydroxyl groups is 1. The maximum atomic E-state index is 14.7. The Bertz CT molecular complexity index is 1810. The van der Waals surface area contributed by atoms with Crippen LogP contribution in [0.4, 0.5) is 0 Å². The fourth-order valence-corrected chi connectivity index (χ4v) is 19.9. The number of hydrogen-bond acceptors (Lipinski definition) is 3. The molecule has 4 heteroatoms. The van der Waals surface area contributed by atoms with Crippen LogP contribution in [0.2, 0.25) is 0 Å². The van der Waals surface area contributed by atoms with Gasteiger partial charge in [0, 0.05) is 0 Å². The first-order valence-electron chi connectivity index (χ1n) is 23.3. The van der Waals surface area contributed by atoms with E-state index < -0.39 is 7.26 Å². The monoisotopic (exact) mass is 802 g/mol. The predicted molar refractivity (Wildman–Crippen MR) is 244 cm³/mol. The molecule has 0 unspecified atom stereocenters. The van der Waals surface area contributed by atoms with Gasteiger partial charge in [0.2, 0.25) is 0 Å². The number of allylic oxidation sites excluding steroid dienone is 1. The molecule has 3 aromatic rings. The molecule has 0 radical (unpaired) electrons. The van der Waals surface area contributed by atoms with Crippen LogP contribution in [0.25, 0.3) is 0 Å². The zero-order valence-corrected chi connectivity index (χ0v) is 37.8. The number of esters is 1. The van der Waals surface area contributed by atoms with Crippen LogP contribution in [0.15, 0.2) is 103 Å². The van der Waals surface area contributed by atoms with E-state index in [1.807, 2.05) is 0 Å². The maximum absolute atomic E-state index is 14.7. The average molecular weight is 802 g/mol. The van der Waals surface area contributed by atoms with E-state index in [1.54, 1.807) is 0 Å². The molecule has 0 amide bonds. The Hall–Kier alpha value is -2.74. The van der Waals surface area contributed by atoms with Crippen molar-refractivity contribution >= 4 is 29.1 Å². The Kier molecular flexibility index (Phi) is 11.5. The number of carbonyl (C=O) groups excluding carboxylic acids is 1. The van der Waals surface area contributed by atoms with Gasteiger partial charge in [0.05, 0.1) is 24.3 Å². The van der Waals surface area contributed by atoms with Crippen LogP contribution in [0.1, 0.15) is 131 Å². The van der Waals surface area contributed by atoms with Gasteiger partial charge >= 0.3 is 5.97 Å². The second kappa shape index (κ2) is 15.9. The van der Waals surface area contributed by atoms with Crippen molar-refractivity contribution in [2.24, 2.45) is 56.7 Å². The van der Waals surface area contributed by atoms with E-state index in [0.29, 0.717) is 36.2 Å². The highest BCUT2D eigenvalue weighted by Crippen LogP contribution is 2.77. The zero-order chi connectivity index (χ0) is 41.0. The summed E-state index contributed by atoms with van der Waals surface area (Å²) in [6.07, 6.45) is 16.3. The molecular weight excluding hydrogens is 728 g/mol. The van der Waals surface area contributed by atoms with Gasteiger partial charge in [0.15, 0.2) is 0 Å². The molecule has 3 nitrogen and oxygen atoms in total. The predicted octanol–water partition coefficient (Wildman–Crippen LogP) is 12.1. The molecule has 0 bridgehead atoms. The van der Waals surface area contributed by atoms with Crippen molar-refractivity contribution in [2.75, 3.05) is 12.8 Å². The minimum Gasteiger partial charge on any atom is -0.465 e. The lowest BCUT2D eigenvalue weighted by Crippen LogP contribution is -2.67. The van der Waals surface area contributed by atoms with Crippen molar-refractivity contribution < 1.29 is 14.6 Å². The van der Waals surface area contributed by atoms with E-state index in [2.05, 4.69) is 139 Å². The first kappa shape index (κ1) is 42.0. The molecule has 0 spiro atoms. The summed E-state index contributed by atoms with van der Waals surface area (Å²) in [6.45, 7) is 20.0. The SMILES string of the molecule is C=C(C)[C@@H]1CC[C@]2(C(=O)OCCCCCC[P+](c3ccccc3)(c3ccccc3)c3ccccc3)CC[C@]3(C)[C@H](CC[C@@H]4[C@@]5(C)CC[C@H](O)C(C)(C)[C@@H]5CC[C@]43C)[C@@H]12. The minimum atomic E-state index is -1.82.